The van der Waals surface area contributed by atoms with Crippen molar-refractivity contribution in [3.05, 3.63) is 29.6 Å². The maximum absolute atomic E-state index is 12.8. The van der Waals surface area contributed by atoms with Gasteiger partial charge in [0, 0.05) is 0 Å². The van der Waals surface area contributed by atoms with Crippen LogP contribution >= 0.6 is 9.24 Å². The van der Waals surface area contributed by atoms with Gasteiger partial charge in [0.2, 0.25) is 0 Å². The van der Waals surface area contributed by atoms with Crippen LogP contribution in [0.25, 0.3) is 0 Å². The Morgan fingerprint density at radius 2 is 2.20 bits per heavy atom. The molecule has 0 heterocycles. The molecule has 0 amide bonds. The second-order valence-electron chi connectivity index (χ2n) is 2.16. The molecule has 54 valence electrons. The van der Waals surface area contributed by atoms with E-state index in [2.05, 4.69) is 9.24 Å². The number of benzene rings is 1. The Bertz CT molecular complexity index is 212. The maximum Gasteiger partial charge on any atom is 0.127 e. The van der Waals surface area contributed by atoms with Crippen LogP contribution in [0.5, 0.6) is 0 Å². The summed E-state index contributed by atoms with van der Waals surface area (Å²) in [4.78, 5) is 0. The van der Waals surface area contributed by atoms with Crippen LogP contribution in [0.1, 0.15) is 12.5 Å². The SMILES string of the molecule is CCc1c(F)cccc1P. The number of halogens is 1. The highest BCUT2D eigenvalue weighted by atomic mass is 31.0. The van der Waals surface area contributed by atoms with Crippen molar-refractivity contribution in [1.82, 2.24) is 0 Å². The predicted molar refractivity (Wildman–Crippen MR) is 45.1 cm³/mol. The van der Waals surface area contributed by atoms with Crippen LogP contribution < -0.4 is 5.30 Å². The van der Waals surface area contributed by atoms with Gasteiger partial charge in [-0.05, 0) is 23.4 Å². The number of hydrogen-bond donors (Lipinski definition) is 0. The summed E-state index contributed by atoms with van der Waals surface area (Å²) in [6.07, 6.45) is 0.755. The van der Waals surface area contributed by atoms with E-state index in [-0.39, 0.29) is 5.82 Å². The molecule has 0 fully saturated rings. The summed E-state index contributed by atoms with van der Waals surface area (Å²) in [5.41, 5.74) is 0.799. The van der Waals surface area contributed by atoms with Crippen LogP contribution in [0, 0.1) is 5.82 Å². The normalized spacial score (nSPS) is 9.90. The maximum atomic E-state index is 12.8. The molecule has 0 spiro atoms. The van der Waals surface area contributed by atoms with E-state index >= 15 is 0 Å². The molecule has 0 aliphatic heterocycles. The van der Waals surface area contributed by atoms with Crippen molar-refractivity contribution in [3.8, 4) is 0 Å². The molecule has 2 heteroatoms. The van der Waals surface area contributed by atoms with Gasteiger partial charge in [-0.2, -0.15) is 0 Å². The fraction of sp³-hybridized carbons (Fsp3) is 0.250. The van der Waals surface area contributed by atoms with Crippen LogP contribution in [-0.4, -0.2) is 0 Å². The first-order chi connectivity index (χ1) is 4.75. The molecule has 1 aromatic rings. The third-order valence-corrected chi connectivity index (χ3v) is 2.05. The van der Waals surface area contributed by atoms with Crippen LogP contribution in [0.2, 0.25) is 0 Å². The second kappa shape index (κ2) is 3.12. The monoisotopic (exact) mass is 156 g/mol. The molecule has 1 unspecified atom stereocenters. The molecule has 0 saturated heterocycles. The molecule has 0 aromatic heterocycles. The zero-order valence-electron chi connectivity index (χ0n) is 5.89. The number of hydrogen-bond acceptors (Lipinski definition) is 0. The average Bonchev–Trinajstić information content (AvgIpc) is 1.88. The summed E-state index contributed by atoms with van der Waals surface area (Å²) in [6, 6.07) is 5.11. The van der Waals surface area contributed by atoms with Crippen molar-refractivity contribution in [1.29, 1.82) is 0 Å². The Balaban J connectivity index is 3.17. The minimum Gasteiger partial charge on any atom is -0.207 e. The predicted octanol–water partition coefficient (Wildman–Crippen LogP) is 1.89. The first-order valence-corrected chi connectivity index (χ1v) is 3.86. The third-order valence-electron chi connectivity index (χ3n) is 1.51. The molecular formula is C8H10FP. The summed E-state index contributed by atoms with van der Waals surface area (Å²) < 4.78 is 12.8. The highest BCUT2D eigenvalue weighted by Crippen LogP contribution is 2.06. The highest BCUT2D eigenvalue weighted by Gasteiger charge is 2.00. The van der Waals surface area contributed by atoms with Crippen molar-refractivity contribution in [2.24, 2.45) is 0 Å². The van der Waals surface area contributed by atoms with E-state index in [0.29, 0.717) is 0 Å². The zero-order chi connectivity index (χ0) is 7.56. The van der Waals surface area contributed by atoms with E-state index in [1.54, 1.807) is 6.07 Å². The summed E-state index contributed by atoms with van der Waals surface area (Å²) in [6.45, 7) is 1.95. The molecule has 0 radical (unpaired) electrons. The number of rotatable bonds is 1. The van der Waals surface area contributed by atoms with Gasteiger partial charge in [0.15, 0.2) is 0 Å². The lowest BCUT2D eigenvalue weighted by atomic mass is 10.1. The van der Waals surface area contributed by atoms with Crippen molar-refractivity contribution in [2.45, 2.75) is 13.3 Å². The fourth-order valence-corrected chi connectivity index (χ4v) is 1.40. The Labute approximate surface area is 62.7 Å². The Morgan fingerprint density at radius 3 is 2.60 bits per heavy atom. The molecule has 0 N–H and O–H groups in total. The van der Waals surface area contributed by atoms with Gasteiger partial charge < -0.3 is 0 Å². The van der Waals surface area contributed by atoms with Gasteiger partial charge in [-0.25, -0.2) is 4.39 Å². The highest BCUT2D eigenvalue weighted by molar-refractivity contribution is 7.27. The van der Waals surface area contributed by atoms with Crippen LogP contribution in [-0.2, 0) is 6.42 Å². The molecule has 0 aliphatic rings. The molecule has 0 saturated carbocycles. The lowest BCUT2D eigenvalue weighted by Crippen LogP contribution is -2.02. The van der Waals surface area contributed by atoms with Gasteiger partial charge in [-0.1, -0.05) is 19.1 Å². The van der Waals surface area contributed by atoms with Crippen LogP contribution in [0.15, 0.2) is 18.2 Å². The summed E-state index contributed by atoms with van der Waals surface area (Å²) in [7, 11) is 2.53. The van der Waals surface area contributed by atoms with Crippen molar-refractivity contribution in [3.63, 3.8) is 0 Å². The van der Waals surface area contributed by atoms with Gasteiger partial charge in [0.1, 0.15) is 5.82 Å². The fourth-order valence-electron chi connectivity index (χ4n) is 0.948. The van der Waals surface area contributed by atoms with E-state index in [0.717, 1.165) is 17.3 Å². The Morgan fingerprint density at radius 1 is 1.50 bits per heavy atom. The molecule has 1 rings (SSSR count). The first kappa shape index (κ1) is 7.68. The molecule has 1 atom stereocenters. The molecule has 0 bridgehead atoms. The van der Waals surface area contributed by atoms with Crippen LogP contribution in [0.4, 0.5) is 4.39 Å². The van der Waals surface area contributed by atoms with Crippen molar-refractivity contribution in [2.75, 3.05) is 0 Å². The molecular weight excluding hydrogens is 146 g/mol. The Kier molecular flexibility index (Phi) is 2.39. The second-order valence-corrected chi connectivity index (χ2v) is 2.78. The summed E-state index contributed by atoms with van der Waals surface area (Å²) in [5, 5.41) is 0.961. The standard InChI is InChI=1S/C8H10FP/c1-2-6-7(9)4-3-5-8(6)10/h3-5H,2,10H2,1H3. The van der Waals surface area contributed by atoms with Crippen LogP contribution in [0.3, 0.4) is 0 Å². The zero-order valence-corrected chi connectivity index (χ0v) is 7.05. The van der Waals surface area contributed by atoms with E-state index in [9.17, 15) is 4.39 Å². The van der Waals surface area contributed by atoms with E-state index in [1.807, 2.05) is 13.0 Å². The Hall–Kier alpha value is -0.420. The summed E-state index contributed by atoms with van der Waals surface area (Å²) in [5.74, 6) is -0.102. The van der Waals surface area contributed by atoms with Crippen molar-refractivity contribution < 1.29 is 4.39 Å². The molecule has 0 nitrogen and oxygen atoms in total. The smallest absolute Gasteiger partial charge is 0.127 e. The average molecular weight is 156 g/mol. The summed E-state index contributed by atoms with van der Waals surface area (Å²) >= 11 is 0. The van der Waals surface area contributed by atoms with Gasteiger partial charge >= 0.3 is 0 Å². The topological polar surface area (TPSA) is 0 Å². The lowest BCUT2D eigenvalue weighted by Gasteiger charge is -2.01. The van der Waals surface area contributed by atoms with Gasteiger partial charge in [-0.3, -0.25) is 0 Å². The van der Waals surface area contributed by atoms with E-state index in [1.165, 1.54) is 6.07 Å². The van der Waals surface area contributed by atoms with Gasteiger partial charge in [-0.15, -0.1) is 9.24 Å². The molecule has 1 aromatic carbocycles. The quantitative estimate of drug-likeness (QED) is 0.544. The molecule has 10 heavy (non-hydrogen) atoms. The minimum atomic E-state index is -0.102. The third kappa shape index (κ3) is 1.35. The minimum absolute atomic E-state index is 0.102. The first-order valence-electron chi connectivity index (χ1n) is 3.28. The van der Waals surface area contributed by atoms with E-state index in [4.69, 9.17) is 0 Å². The van der Waals surface area contributed by atoms with Crippen molar-refractivity contribution >= 4 is 14.5 Å². The van der Waals surface area contributed by atoms with E-state index < -0.39 is 0 Å². The lowest BCUT2D eigenvalue weighted by molar-refractivity contribution is 0.614. The largest absolute Gasteiger partial charge is 0.207 e. The van der Waals surface area contributed by atoms with Gasteiger partial charge in [0.05, 0.1) is 0 Å². The molecule has 0 aliphatic carbocycles. The van der Waals surface area contributed by atoms with Gasteiger partial charge in [0.25, 0.3) is 0 Å².